The van der Waals surface area contributed by atoms with Crippen LogP contribution in [0.3, 0.4) is 0 Å². The molecule has 0 atom stereocenters. The van der Waals surface area contributed by atoms with E-state index in [0.717, 1.165) is 31.7 Å². The average Bonchev–Trinajstić information content (AvgIpc) is 2.46. The van der Waals surface area contributed by atoms with Gasteiger partial charge in [0.05, 0.1) is 12.4 Å². The fourth-order valence-corrected chi connectivity index (χ4v) is 2.88. The van der Waals surface area contributed by atoms with Crippen molar-refractivity contribution in [1.29, 1.82) is 0 Å². The van der Waals surface area contributed by atoms with Crippen molar-refractivity contribution < 1.29 is 13.2 Å². The Morgan fingerprint density at radius 1 is 1.05 bits per heavy atom. The summed E-state index contributed by atoms with van der Waals surface area (Å²) < 4.78 is 31.9. The lowest BCUT2D eigenvalue weighted by Crippen LogP contribution is -2.22. The van der Waals surface area contributed by atoms with Gasteiger partial charge in [0.1, 0.15) is 5.75 Å². The zero-order valence-corrected chi connectivity index (χ0v) is 13.7. The molecule has 6 heteroatoms. The maximum absolute atomic E-state index is 11.9. The van der Waals surface area contributed by atoms with Crippen LogP contribution >= 0.6 is 0 Å². The van der Waals surface area contributed by atoms with Crippen molar-refractivity contribution in [1.82, 2.24) is 5.32 Å². The van der Waals surface area contributed by atoms with Crippen LogP contribution in [0.25, 0.3) is 0 Å². The lowest BCUT2D eigenvalue weighted by molar-refractivity contribution is 0.317. The highest BCUT2D eigenvalue weighted by molar-refractivity contribution is 7.92. The van der Waals surface area contributed by atoms with Crippen LogP contribution in [0, 0.1) is 0 Å². The van der Waals surface area contributed by atoms with Crippen molar-refractivity contribution in [3.8, 4) is 5.75 Å². The van der Waals surface area contributed by atoms with E-state index < -0.39 is 10.0 Å². The van der Waals surface area contributed by atoms with E-state index in [1.54, 1.807) is 24.3 Å². The molecule has 1 aromatic rings. The number of anilines is 1. The summed E-state index contributed by atoms with van der Waals surface area (Å²) in [4.78, 5) is 0. The van der Waals surface area contributed by atoms with Gasteiger partial charge in [0.25, 0.3) is 0 Å². The summed E-state index contributed by atoms with van der Waals surface area (Å²) in [5.74, 6) is 0.876. The van der Waals surface area contributed by atoms with E-state index in [4.69, 9.17) is 4.74 Å². The van der Waals surface area contributed by atoms with E-state index in [9.17, 15) is 8.42 Å². The third-order valence-corrected chi connectivity index (χ3v) is 4.17. The van der Waals surface area contributed by atoms with Gasteiger partial charge >= 0.3 is 0 Å². The van der Waals surface area contributed by atoms with E-state index in [0.29, 0.717) is 18.7 Å². The van der Waals surface area contributed by atoms with E-state index in [-0.39, 0.29) is 5.75 Å². The molecule has 0 aromatic heterocycles. The molecule has 0 aliphatic rings. The summed E-state index contributed by atoms with van der Waals surface area (Å²) in [7, 11) is -3.28. The molecule has 0 radical (unpaired) electrons. The second kappa shape index (κ2) is 9.63. The molecule has 1 rings (SSSR count). The van der Waals surface area contributed by atoms with Crippen LogP contribution in [-0.4, -0.2) is 33.9 Å². The summed E-state index contributed by atoms with van der Waals surface area (Å²) in [6.45, 7) is 6.43. The molecule has 0 saturated heterocycles. The molecule has 0 saturated carbocycles. The molecule has 21 heavy (non-hydrogen) atoms. The van der Waals surface area contributed by atoms with Gasteiger partial charge in [0, 0.05) is 5.69 Å². The SMILES string of the molecule is CCCNCCCS(=O)(=O)Nc1ccc(OCCC)cc1. The number of rotatable bonds is 11. The molecule has 0 fully saturated rings. The Morgan fingerprint density at radius 2 is 1.76 bits per heavy atom. The lowest BCUT2D eigenvalue weighted by Gasteiger charge is -2.09. The highest BCUT2D eigenvalue weighted by Gasteiger charge is 2.09. The number of benzene rings is 1. The fraction of sp³-hybridized carbons (Fsp3) is 0.600. The van der Waals surface area contributed by atoms with E-state index >= 15 is 0 Å². The lowest BCUT2D eigenvalue weighted by atomic mass is 10.3. The highest BCUT2D eigenvalue weighted by Crippen LogP contribution is 2.17. The Hall–Kier alpha value is -1.27. The summed E-state index contributed by atoms with van der Waals surface area (Å²) in [6.07, 6.45) is 2.60. The normalized spacial score (nSPS) is 11.3. The van der Waals surface area contributed by atoms with Gasteiger partial charge in [-0.2, -0.15) is 0 Å². The van der Waals surface area contributed by atoms with Gasteiger partial charge in [0.15, 0.2) is 0 Å². The van der Waals surface area contributed by atoms with Crippen molar-refractivity contribution in [3.63, 3.8) is 0 Å². The molecule has 5 nitrogen and oxygen atoms in total. The summed E-state index contributed by atoms with van der Waals surface area (Å²) in [5.41, 5.74) is 0.570. The number of sulfonamides is 1. The Morgan fingerprint density at radius 3 is 2.38 bits per heavy atom. The van der Waals surface area contributed by atoms with E-state index in [2.05, 4.69) is 17.0 Å². The molecule has 2 N–H and O–H groups in total. The fourth-order valence-electron chi connectivity index (χ4n) is 1.76. The highest BCUT2D eigenvalue weighted by atomic mass is 32.2. The predicted molar refractivity (Wildman–Crippen MR) is 87.4 cm³/mol. The first kappa shape index (κ1) is 17.8. The largest absolute Gasteiger partial charge is 0.494 e. The number of ether oxygens (including phenoxy) is 1. The van der Waals surface area contributed by atoms with E-state index in [1.165, 1.54) is 0 Å². The molecule has 0 bridgehead atoms. The number of nitrogens with one attached hydrogen (secondary N) is 2. The van der Waals surface area contributed by atoms with Crippen molar-refractivity contribution in [2.24, 2.45) is 0 Å². The molecule has 1 aromatic carbocycles. The third kappa shape index (κ3) is 7.92. The van der Waals surface area contributed by atoms with Gasteiger partial charge in [-0.3, -0.25) is 4.72 Å². The Balaban J connectivity index is 2.40. The maximum atomic E-state index is 11.9. The van der Waals surface area contributed by atoms with Crippen LogP contribution < -0.4 is 14.8 Å². The smallest absolute Gasteiger partial charge is 0.232 e. The van der Waals surface area contributed by atoms with Gasteiger partial charge in [-0.1, -0.05) is 13.8 Å². The molecule has 0 spiro atoms. The zero-order chi connectivity index (χ0) is 15.6. The van der Waals surface area contributed by atoms with Crippen molar-refractivity contribution in [2.45, 2.75) is 33.1 Å². The maximum Gasteiger partial charge on any atom is 0.232 e. The molecule has 0 heterocycles. The van der Waals surface area contributed by atoms with Crippen LogP contribution in [0.5, 0.6) is 5.75 Å². The quantitative estimate of drug-likeness (QED) is 0.616. The first-order chi connectivity index (χ1) is 10.1. The Kier molecular flexibility index (Phi) is 8.15. The second-order valence-electron chi connectivity index (χ2n) is 4.90. The second-order valence-corrected chi connectivity index (χ2v) is 6.74. The third-order valence-electron chi connectivity index (χ3n) is 2.79. The van der Waals surface area contributed by atoms with Crippen LogP contribution in [0.4, 0.5) is 5.69 Å². The van der Waals surface area contributed by atoms with Crippen molar-refractivity contribution in [3.05, 3.63) is 24.3 Å². The first-order valence-electron chi connectivity index (χ1n) is 7.51. The van der Waals surface area contributed by atoms with Crippen molar-refractivity contribution in [2.75, 3.05) is 30.2 Å². The van der Waals surface area contributed by atoms with Crippen molar-refractivity contribution >= 4 is 15.7 Å². The molecular weight excluding hydrogens is 288 g/mol. The monoisotopic (exact) mass is 314 g/mol. The minimum Gasteiger partial charge on any atom is -0.494 e. The Bertz CT molecular complexity index is 486. The number of hydrogen-bond donors (Lipinski definition) is 2. The first-order valence-corrected chi connectivity index (χ1v) is 9.16. The van der Waals surface area contributed by atoms with Crippen LogP contribution in [0.2, 0.25) is 0 Å². The predicted octanol–water partition coefficient (Wildman–Crippen LogP) is 2.61. The van der Waals surface area contributed by atoms with Gasteiger partial charge < -0.3 is 10.1 Å². The molecule has 0 aliphatic heterocycles. The summed E-state index contributed by atoms with van der Waals surface area (Å²) in [5, 5.41) is 3.19. The van der Waals surface area contributed by atoms with Gasteiger partial charge in [-0.15, -0.1) is 0 Å². The zero-order valence-electron chi connectivity index (χ0n) is 12.9. The topological polar surface area (TPSA) is 67.4 Å². The van der Waals surface area contributed by atoms with Gasteiger partial charge in [-0.25, -0.2) is 8.42 Å². The molecule has 0 amide bonds. The van der Waals surface area contributed by atoms with Crippen LogP contribution in [-0.2, 0) is 10.0 Å². The Labute approximate surface area is 128 Å². The number of hydrogen-bond acceptors (Lipinski definition) is 4. The molecular formula is C15H26N2O3S. The van der Waals surface area contributed by atoms with Crippen LogP contribution in [0.15, 0.2) is 24.3 Å². The van der Waals surface area contributed by atoms with Crippen LogP contribution in [0.1, 0.15) is 33.1 Å². The molecule has 120 valence electrons. The summed E-state index contributed by atoms with van der Waals surface area (Å²) >= 11 is 0. The van der Waals surface area contributed by atoms with E-state index in [1.807, 2.05) is 6.92 Å². The van der Waals surface area contributed by atoms with Gasteiger partial charge in [0.2, 0.25) is 10.0 Å². The van der Waals surface area contributed by atoms with Gasteiger partial charge in [-0.05, 0) is 56.6 Å². The molecule has 0 unspecified atom stereocenters. The summed E-state index contributed by atoms with van der Waals surface area (Å²) in [6, 6.07) is 6.99. The molecule has 0 aliphatic carbocycles. The average molecular weight is 314 g/mol. The minimum absolute atomic E-state index is 0.123. The standard InChI is InChI=1S/C15H26N2O3S/c1-3-10-16-11-5-13-21(18,19)17-14-6-8-15(9-7-14)20-12-4-2/h6-9,16-17H,3-5,10-13H2,1-2H3. The minimum atomic E-state index is -3.28.